The molecule has 1 heterocycles. The molecular formula is C12H12F2N4O. The molecule has 0 bridgehead atoms. The van der Waals surface area contributed by atoms with Crippen LogP contribution in [0.15, 0.2) is 30.5 Å². The first kappa shape index (κ1) is 13.0. The Labute approximate surface area is 108 Å². The summed E-state index contributed by atoms with van der Waals surface area (Å²) in [5, 5.41) is 8.91. The number of nitrogens with zero attached hydrogens (tertiary/aromatic N) is 2. The van der Waals surface area contributed by atoms with Crippen molar-refractivity contribution in [2.24, 2.45) is 7.05 Å². The van der Waals surface area contributed by atoms with E-state index >= 15 is 0 Å². The number of carbonyl (C=O) groups excluding carboxylic acids is 1. The molecule has 2 rings (SSSR count). The third-order valence-electron chi connectivity index (χ3n) is 2.37. The Morgan fingerprint density at radius 2 is 2.00 bits per heavy atom. The van der Waals surface area contributed by atoms with Gasteiger partial charge in [0.15, 0.2) is 0 Å². The normalized spacial score (nSPS) is 10.3. The van der Waals surface area contributed by atoms with Crippen LogP contribution in [0.1, 0.15) is 0 Å². The van der Waals surface area contributed by atoms with Gasteiger partial charge in [0.05, 0.1) is 6.54 Å². The van der Waals surface area contributed by atoms with Crippen LogP contribution in [0.25, 0.3) is 0 Å². The molecule has 19 heavy (non-hydrogen) atoms. The lowest BCUT2D eigenvalue weighted by molar-refractivity contribution is -0.114. The fourth-order valence-corrected chi connectivity index (χ4v) is 1.48. The minimum absolute atomic E-state index is 0.134. The van der Waals surface area contributed by atoms with E-state index in [2.05, 4.69) is 15.7 Å². The lowest BCUT2D eigenvalue weighted by Gasteiger charge is -2.07. The zero-order valence-electron chi connectivity index (χ0n) is 10.2. The monoisotopic (exact) mass is 266 g/mol. The van der Waals surface area contributed by atoms with Gasteiger partial charge in [-0.3, -0.25) is 9.48 Å². The molecular weight excluding hydrogens is 254 g/mol. The van der Waals surface area contributed by atoms with Crippen LogP contribution in [-0.2, 0) is 11.8 Å². The van der Waals surface area contributed by atoms with Crippen molar-refractivity contribution in [3.05, 3.63) is 42.1 Å². The van der Waals surface area contributed by atoms with E-state index in [-0.39, 0.29) is 6.54 Å². The Balaban J connectivity index is 1.94. The molecule has 0 aliphatic rings. The second kappa shape index (κ2) is 5.47. The summed E-state index contributed by atoms with van der Waals surface area (Å²) in [6.45, 7) is -0.134. The summed E-state index contributed by atoms with van der Waals surface area (Å²) in [4.78, 5) is 11.6. The smallest absolute Gasteiger partial charge is 0.243 e. The van der Waals surface area contributed by atoms with Gasteiger partial charge in [0.2, 0.25) is 5.91 Å². The largest absolute Gasteiger partial charge is 0.360 e. The minimum Gasteiger partial charge on any atom is -0.360 e. The van der Waals surface area contributed by atoms with Crippen LogP contribution in [-0.4, -0.2) is 22.2 Å². The number of hydrogen-bond acceptors (Lipinski definition) is 3. The average Bonchev–Trinajstić information content (AvgIpc) is 2.77. The van der Waals surface area contributed by atoms with Gasteiger partial charge in [-0.1, -0.05) is 6.07 Å². The first-order valence-electron chi connectivity index (χ1n) is 5.53. The number of rotatable bonds is 4. The number of carbonyl (C=O) groups is 1. The molecule has 5 nitrogen and oxygen atoms in total. The predicted molar refractivity (Wildman–Crippen MR) is 66.7 cm³/mol. The molecule has 100 valence electrons. The highest BCUT2D eigenvalue weighted by Gasteiger charge is 2.11. The highest BCUT2D eigenvalue weighted by atomic mass is 19.1. The molecule has 0 radical (unpaired) electrons. The molecule has 0 aliphatic carbocycles. The molecule has 0 unspecified atom stereocenters. The Morgan fingerprint density at radius 3 is 2.58 bits per heavy atom. The van der Waals surface area contributed by atoms with E-state index in [1.54, 1.807) is 24.0 Å². The van der Waals surface area contributed by atoms with Crippen molar-refractivity contribution in [3.63, 3.8) is 0 Å². The van der Waals surface area contributed by atoms with E-state index in [4.69, 9.17) is 0 Å². The van der Waals surface area contributed by atoms with Gasteiger partial charge >= 0.3 is 0 Å². The maximum atomic E-state index is 13.3. The van der Waals surface area contributed by atoms with E-state index < -0.39 is 23.2 Å². The fraction of sp³-hybridized carbons (Fsp3) is 0.167. The first-order valence-corrected chi connectivity index (χ1v) is 5.53. The molecule has 0 fully saturated rings. The summed E-state index contributed by atoms with van der Waals surface area (Å²) >= 11 is 0. The average molecular weight is 266 g/mol. The topological polar surface area (TPSA) is 59.0 Å². The van der Waals surface area contributed by atoms with E-state index in [0.717, 1.165) is 12.1 Å². The summed E-state index contributed by atoms with van der Waals surface area (Å²) in [6, 6.07) is 5.05. The van der Waals surface area contributed by atoms with Gasteiger partial charge in [-0.15, -0.1) is 0 Å². The number of halogens is 2. The zero-order chi connectivity index (χ0) is 13.8. The van der Waals surface area contributed by atoms with Crippen molar-refractivity contribution >= 4 is 17.4 Å². The van der Waals surface area contributed by atoms with Gasteiger partial charge in [0.25, 0.3) is 0 Å². The van der Waals surface area contributed by atoms with Crippen molar-refractivity contribution in [1.29, 1.82) is 0 Å². The first-order chi connectivity index (χ1) is 9.06. The van der Waals surface area contributed by atoms with Crippen LogP contribution in [0, 0.1) is 11.6 Å². The van der Waals surface area contributed by atoms with E-state index in [1.165, 1.54) is 6.07 Å². The maximum Gasteiger partial charge on any atom is 0.243 e. The molecule has 1 aromatic carbocycles. The van der Waals surface area contributed by atoms with Crippen molar-refractivity contribution in [3.8, 4) is 0 Å². The van der Waals surface area contributed by atoms with E-state index in [9.17, 15) is 13.6 Å². The number of benzene rings is 1. The molecule has 0 saturated heterocycles. The molecule has 2 N–H and O–H groups in total. The third kappa shape index (κ3) is 3.27. The molecule has 1 amide bonds. The van der Waals surface area contributed by atoms with E-state index in [1.807, 2.05) is 0 Å². The summed E-state index contributed by atoms with van der Waals surface area (Å²) in [6.07, 6.45) is 1.71. The van der Waals surface area contributed by atoms with Crippen molar-refractivity contribution in [2.75, 3.05) is 17.2 Å². The number of amides is 1. The number of anilines is 2. The van der Waals surface area contributed by atoms with Crippen LogP contribution >= 0.6 is 0 Å². The molecule has 0 atom stereocenters. The van der Waals surface area contributed by atoms with Gasteiger partial charge in [-0.2, -0.15) is 5.10 Å². The van der Waals surface area contributed by atoms with Crippen LogP contribution in [0.5, 0.6) is 0 Å². The second-order valence-corrected chi connectivity index (χ2v) is 3.87. The van der Waals surface area contributed by atoms with Gasteiger partial charge in [-0.25, -0.2) is 8.78 Å². The quantitative estimate of drug-likeness (QED) is 0.886. The summed E-state index contributed by atoms with van der Waals surface area (Å²) in [5.41, 5.74) is -0.449. The number of aromatic nitrogens is 2. The molecule has 0 spiro atoms. The van der Waals surface area contributed by atoms with Crippen LogP contribution in [0.4, 0.5) is 20.3 Å². The van der Waals surface area contributed by atoms with Crippen molar-refractivity contribution < 1.29 is 13.6 Å². The molecule has 0 aliphatic heterocycles. The molecule has 1 aromatic heterocycles. The fourth-order valence-electron chi connectivity index (χ4n) is 1.48. The lowest BCUT2D eigenvalue weighted by Crippen LogP contribution is -2.23. The van der Waals surface area contributed by atoms with Crippen LogP contribution < -0.4 is 10.6 Å². The third-order valence-corrected chi connectivity index (χ3v) is 2.37. The zero-order valence-corrected chi connectivity index (χ0v) is 10.2. The number of para-hydroxylation sites is 1. The Hall–Kier alpha value is -2.44. The molecule has 0 saturated carbocycles. The summed E-state index contributed by atoms with van der Waals surface area (Å²) in [7, 11) is 1.74. The van der Waals surface area contributed by atoms with Gasteiger partial charge in [-0.05, 0) is 12.1 Å². The minimum atomic E-state index is -0.814. The second-order valence-electron chi connectivity index (χ2n) is 3.87. The Kier molecular flexibility index (Phi) is 3.74. The van der Waals surface area contributed by atoms with Crippen molar-refractivity contribution in [1.82, 2.24) is 9.78 Å². The predicted octanol–water partition coefficient (Wildman–Crippen LogP) is 1.75. The van der Waals surface area contributed by atoms with Gasteiger partial charge < -0.3 is 10.6 Å². The standard InChI is InChI=1S/C12H12F2N4O/c1-18-6-5-10(17-18)15-7-11(19)16-12-8(13)3-2-4-9(12)14/h2-6H,7H2,1H3,(H,15,17)(H,16,19). The summed E-state index contributed by atoms with van der Waals surface area (Å²) < 4.78 is 28.1. The molecule has 7 heteroatoms. The van der Waals surface area contributed by atoms with Crippen LogP contribution in [0.3, 0.4) is 0 Å². The van der Waals surface area contributed by atoms with Crippen molar-refractivity contribution in [2.45, 2.75) is 0 Å². The number of nitrogens with one attached hydrogen (secondary N) is 2. The Bertz CT molecular complexity index is 577. The van der Waals surface area contributed by atoms with E-state index in [0.29, 0.717) is 5.82 Å². The Morgan fingerprint density at radius 1 is 1.32 bits per heavy atom. The van der Waals surface area contributed by atoms with Gasteiger partial charge in [0.1, 0.15) is 23.1 Å². The summed E-state index contributed by atoms with van der Waals surface area (Å²) in [5.74, 6) is -1.68. The SMILES string of the molecule is Cn1ccc(NCC(=O)Nc2c(F)cccc2F)n1. The maximum absolute atomic E-state index is 13.3. The number of hydrogen-bond donors (Lipinski definition) is 2. The lowest BCUT2D eigenvalue weighted by atomic mass is 10.3. The number of aryl methyl sites for hydroxylation is 1. The van der Waals surface area contributed by atoms with Crippen LogP contribution in [0.2, 0.25) is 0 Å². The van der Waals surface area contributed by atoms with Gasteiger partial charge in [0, 0.05) is 19.3 Å². The highest BCUT2D eigenvalue weighted by Crippen LogP contribution is 2.17. The highest BCUT2D eigenvalue weighted by molar-refractivity contribution is 5.93. The molecule has 2 aromatic rings.